The van der Waals surface area contributed by atoms with Crippen LogP contribution in [0.1, 0.15) is 33.1 Å². The van der Waals surface area contributed by atoms with E-state index in [1.54, 1.807) is 0 Å². The summed E-state index contributed by atoms with van der Waals surface area (Å²) in [4.78, 5) is 13.6. The van der Waals surface area contributed by atoms with Gasteiger partial charge in [0, 0.05) is 19.1 Å². The molecule has 0 saturated carbocycles. The highest BCUT2D eigenvalue weighted by Crippen LogP contribution is 2.26. The molecule has 3 N–H and O–H groups in total. The second-order valence-electron chi connectivity index (χ2n) is 5.42. The van der Waals surface area contributed by atoms with E-state index in [-0.39, 0.29) is 12.6 Å². The topological polar surface area (TPSA) is 75.8 Å². The fraction of sp³-hybridized carbons (Fsp3) is 0.923. The van der Waals surface area contributed by atoms with Crippen molar-refractivity contribution in [3.63, 3.8) is 0 Å². The van der Waals surface area contributed by atoms with Gasteiger partial charge in [0.2, 0.25) is 0 Å². The average Bonchev–Trinajstić information content (AvgIpc) is 2.37. The summed E-state index contributed by atoms with van der Waals surface area (Å²) in [7, 11) is 1.29. The van der Waals surface area contributed by atoms with Crippen LogP contribution in [0, 0.1) is 5.92 Å². The first kappa shape index (κ1) is 15.4. The standard InChI is InChI=1S/C13H26N2O3/c1-4-10-5-6-15(11(7-10)8-14)9-13(2,17)12(16)18-3/h10-11,17H,4-9,14H2,1-3H3. The van der Waals surface area contributed by atoms with Crippen LogP contribution in [0.5, 0.6) is 0 Å². The van der Waals surface area contributed by atoms with E-state index in [4.69, 9.17) is 5.73 Å². The largest absolute Gasteiger partial charge is 0.467 e. The van der Waals surface area contributed by atoms with Gasteiger partial charge in [-0.25, -0.2) is 4.79 Å². The van der Waals surface area contributed by atoms with E-state index in [1.807, 2.05) is 0 Å². The molecule has 0 aliphatic carbocycles. The van der Waals surface area contributed by atoms with Crippen LogP contribution in [0.25, 0.3) is 0 Å². The van der Waals surface area contributed by atoms with E-state index in [1.165, 1.54) is 14.0 Å². The number of hydrogen-bond acceptors (Lipinski definition) is 5. The van der Waals surface area contributed by atoms with Crippen molar-refractivity contribution >= 4 is 5.97 Å². The van der Waals surface area contributed by atoms with E-state index < -0.39 is 11.6 Å². The third-order valence-electron chi connectivity index (χ3n) is 3.93. The summed E-state index contributed by atoms with van der Waals surface area (Å²) in [6.07, 6.45) is 3.31. The molecular weight excluding hydrogens is 232 g/mol. The molecule has 106 valence electrons. The van der Waals surface area contributed by atoms with Crippen molar-refractivity contribution in [3.05, 3.63) is 0 Å². The van der Waals surface area contributed by atoms with Gasteiger partial charge in [-0.3, -0.25) is 4.90 Å². The van der Waals surface area contributed by atoms with Crippen LogP contribution in [-0.4, -0.2) is 54.4 Å². The second kappa shape index (κ2) is 6.50. The Morgan fingerprint density at radius 2 is 2.28 bits per heavy atom. The Balaban J connectivity index is 2.63. The molecule has 0 aromatic rings. The second-order valence-corrected chi connectivity index (χ2v) is 5.42. The molecule has 0 spiro atoms. The molecule has 5 heteroatoms. The van der Waals surface area contributed by atoms with E-state index in [0.29, 0.717) is 12.5 Å². The van der Waals surface area contributed by atoms with Crippen molar-refractivity contribution in [3.8, 4) is 0 Å². The van der Waals surface area contributed by atoms with Gasteiger partial charge in [-0.2, -0.15) is 0 Å². The van der Waals surface area contributed by atoms with Crippen molar-refractivity contribution in [1.29, 1.82) is 0 Å². The number of nitrogens with zero attached hydrogens (tertiary/aromatic N) is 1. The monoisotopic (exact) mass is 258 g/mol. The van der Waals surface area contributed by atoms with Crippen LogP contribution in [0.4, 0.5) is 0 Å². The Bertz CT molecular complexity index is 281. The Labute approximate surface area is 109 Å². The van der Waals surface area contributed by atoms with Crippen LogP contribution in [-0.2, 0) is 9.53 Å². The number of rotatable bonds is 5. The molecule has 0 aromatic carbocycles. The third kappa shape index (κ3) is 3.67. The molecular formula is C13H26N2O3. The molecule has 0 amide bonds. The van der Waals surface area contributed by atoms with Gasteiger partial charge in [0.1, 0.15) is 0 Å². The summed E-state index contributed by atoms with van der Waals surface area (Å²) in [6.45, 7) is 5.43. The normalized spacial score (nSPS) is 28.7. The summed E-state index contributed by atoms with van der Waals surface area (Å²) in [5, 5.41) is 10.1. The maximum Gasteiger partial charge on any atom is 0.338 e. The fourth-order valence-corrected chi connectivity index (χ4v) is 2.69. The van der Waals surface area contributed by atoms with Crippen LogP contribution < -0.4 is 5.73 Å². The molecule has 1 aliphatic rings. The number of esters is 1. The van der Waals surface area contributed by atoms with Crippen molar-refractivity contribution in [2.45, 2.75) is 44.8 Å². The SMILES string of the molecule is CCC1CCN(CC(C)(O)C(=O)OC)C(CN)C1. The fourth-order valence-electron chi connectivity index (χ4n) is 2.69. The quantitative estimate of drug-likeness (QED) is 0.696. The third-order valence-corrected chi connectivity index (χ3v) is 3.93. The van der Waals surface area contributed by atoms with Crippen molar-refractivity contribution < 1.29 is 14.6 Å². The number of likely N-dealkylation sites (tertiary alicyclic amines) is 1. The van der Waals surface area contributed by atoms with Crippen molar-refractivity contribution in [1.82, 2.24) is 4.90 Å². The Morgan fingerprint density at radius 3 is 2.78 bits per heavy atom. The molecule has 1 rings (SSSR count). The summed E-state index contributed by atoms with van der Waals surface area (Å²) in [6, 6.07) is 0.250. The van der Waals surface area contributed by atoms with Gasteiger partial charge in [0.25, 0.3) is 0 Å². The lowest BCUT2D eigenvalue weighted by Crippen LogP contribution is -2.55. The molecule has 3 unspecified atom stereocenters. The van der Waals surface area contributed by atoms with Gasteiger partial charge >= 0.3 is 5.97 Å². The number of piperidine rings is 1. The van der Waals surface area contributed by atoms with Crippen LogP contribution in [0.3, 0.4) is 0 Å². The number of hydrogen-bond donors (Lipinski definition) is 2. The number of carbonyl (C=O) groups is 1. The van der Waals surface area contributed by atoms with Crippen molar-refractivity contribution in [2.24, 2.45) is 11.7 Å². The molecule has 1 aliphatic heterocycles. The lowest BCUT2D eigenvalue weighted by molar-refractivity contribution is -0.163. The molecule has 0 radical (unpaired) electrons. The maximum atomic E-state index is 11.5. The molecule has 5 nitrogen and oxygen atoms in total. The van der Waals surface area contributed by atoms with Gasteiger partial charge in [0.15, 0.2) is 5.60 Å². The van der Waals surface area contributed by atoms with Gasteiger partial charge < -0.3 is 15.6 Å². The zero-order valence-corrected chi connectivity index (χ0v) is 11.7. The summed E-state index contributed by atoms with van der Waals surface area (Å²) in [5.41, 5.74) is 4.34. The molecule has 1 fully saturated rings. The first-order chi connectivity index (χ1) is 8.44. The van der Waals surface area contributed by atoms with Crippen LogP contribution in [0.2, 0.25) is 0 Å². The minimum atomic E-state index is -1.46. The summed E-state index contributed by atoms with van der Waals surface area (Å²) >= 11 is 0. The molecule has 0 aromatic heterocycles. The lowest BCUT2D eigenvalue weighted by atomic mass is 9.88. The predicted molar refractivity (Wildman–Crippen MR) is 70.1 cm³/mol. The van der Waals surface area contributed by atoms with E-state index in [2.05, 4.69) is 16.6 Å². The van der Waals surface area contributed by atoms with Crippen LogP contribution in [0.15, 0.2) is 0 Å². The van der Waals surface area contributed by atoms with Gasteiger partial charge in [-0.1, -0.05) is 13.3 Å². The Kier molecular flexibility index (Phi) is 5.56. The first-order valence-corrected chi connectivity index (χ1v) is 6.69. The molecule has 1 saturated heterocycles. The number of aliphatic hydroxyl groups is 1. The maximum absolute atomic E-state index is 11.5. The lowest BCUT2D eigenvalue weighted by Gasteiger charge is -2.41. The summed E-state index contributed by atoms with van der Waals surface area (Å²) < 4.78 is 4.62. The number of carbonyl (C=O) groups excluding carboxylic acids is 1. The number of nitrogens with two attached hydrogens (primary N) is 1. The average molecular weight is 258 g/mol. The Hall–Kier alpha value is -0.650. The smallest absolute Gasteiger partial charge is 0.338 e. The zero-order chi connectivity index (χ0) is 13.8. The summed E-state index contributed by atoms with van der Waals surface area (Å²) in [5.74, 6) is 0.119. The Morgan fingerprint density at radius 1 is 1.61 bits per heavy atom. The number of ether oxygens (including phenoxy) is 1. The van der Waals surface area contributed by atoms with Gasteiger partial charge in [0.05, 0.1) is 7.11 Å². The number of methoxy groups -OCH3 is 1. The highest BCUT2D eigenvalue weighted by molar-refractivity contribution is 5.78. The minimum Gasteiger partial charge on any atom is -0.467 e. The van der Waals surface area contributed by atoms with Gasteiger partial charge in [-0.15, -0.1) is 0 Å². The van der Waals surface area contributed by atoms with Crippen LogP contribution >= 0.6 is 0 Å². The van der Waals surface area contributed by atoms with Crippen molar-refractivity contribution in [2.75, 3.05) is 26.7 Å². The molecule has 0 bridgehead atoms. The molecule has 3 atom stereocenters. The van der Waals surface area contributed by atoms with E-state index in [9.17, 15) is 9.90 Å². The first-order valence-electron chi connectivity index (χ1n) is 6.69. The zero-order valence-electron chi connectivity index (χ0n) is 11.7. The van der Waals surface area contributed by atoms with E-state index in [0.717, 1.165) is 25.8 Å². The van der Waals surface area contributed by atoms with Gasteiger partial charge in [-0.05, 0) is 32.2 Å². The predicted octanol–water partition coefficient (Wildman–Crippen LogP) is 0.360. The molecule has 18 heavy (non-hydrogen) atoms. The minimum absolute atomic E-state index is 0.250. The number of β-amino-alcohol motifs (C(OH)–C–C–N with tert-alkyl or cyclic N) is 1. The highest BCUT2D eigenvalue weighted by Gasteiger charge is 2.37. The molecule has 1 heterocycles. The van der Waals surface area contributed by atoms with E-state index >= 15 is 0 Å². The highest BCUT2D eigenvalue weighted by atomic mass is 16.5.